The predicted octanol–water partition coefficient (Wildman–Crippen LogP) is 6.63. The van der Waals surface area contributed by atoms with Crippen LogP contribution in [0.2, 0.25) is 0 Å². The van der Waals surface area contributed by atoms with Crippen LogP contribution in [-0.4, -0.2) is 0 Å². The van der Waals surface area contributed by atoms with Crippen molar-refractivity contribution in [2.24, 2.45) is 0 Å². The Bertz CT molecular complexity index is 729. The smallest absolute Gasteiger partial charge is 0.0123 e. The summed E-state index contributed by atoms with van der Waals surface area (Å²) in [6, 6.07) is 27.6. The largest absolute Gasteiger partial charge is 0.0985 e. The molecule has 0 atom stereocenters. The van der Waals surface area contributed by atoms with Crippen LogP contribution >= 0.6 is 23.5 Å². The van der Waals surface area contributed by atoms with E-state index in [1.165, 1.54) is 19.6 Å². The van der Waals surface area contributed by atoms with Gasteiger partial charge in [0.1, 0.15) is 0 Å². The molecule has 3 rings (SSSR count). The van der Waals surface area contributed by atoms with Crippen molar-refractivity contribution in [2.75, 3.05) is 0 Å². The van der Waals surface area contributed by atoms with Gasteiger partial charge in [-0.25, -0.2) is 0 Å². The number of benzene rings is 3. The summed E-state index contributed by atoms with van der Waals surface area (Å²) in [5, 5.41) is 0. The average Bonchev–Trinajstić information content (AvgIpc) is 2.58. The summed E-state index contributed by atoms with van der Waals surface area (Å²) < 4.78 is 0. The summed E-state index contributed by atoms with van der Waals surface area (Å²) in [5.74, 6) is 0. The number of rotatable bonds is 5. The fourth-order valence-corrected chi connectivity index (χ4v) is 3.66. The zero-order valence-electron chi connectivity index (χ0n) is 12.1. The normalized spacial score (nSPS) is 10.4. The molecule has 0 saturated carbocycles. The highest BCUT2D eigenvalue weighted by Crippen LogP contribution is 2.32. The maximum absolute atomic E-state index is 3.78. The van der Waals surface area contributed by atoms with Crippen molar-refractivity contribution in [1.82, 2.24) is 0 Å². The molecule has 0 fully saturated rings. The molecule has 0 N–H and O–H groups in total. The summed E-state index contributed by atoms with van der Waals surface area (Å²) in [5.41, 5.74) is 1.15. The lowest BCUT2D eigenvalue weighted by atomic mass is 10.2. The molecule has 22 heavy (non-hydrogen) atoms. The van der Waals surface area contributed by atoms with Crippen LogP contribution in [0.3, 0.4) is 0 Å². The van der Waals surface area contributed by atoms with Gasteiger partial charge in [-0.05, 0) is 54.1 Å². The zero-order chi connectivity index (χ0) is 15.2. The Kier molecular flexibility index (Phi) is 5.04. The van der Waals surface area contributed by atoms with Crippen LogP contribution in [0.1, 0.15) is 5.56 Å². The quantitative estimate of drug-likeness (QED) is 0.517. The Morgan fingerprint density at radius 1 is 0.545 bits per heavy atom. The van der Waals surface area contributed by atoms with Crippen molar-refractivity contribution < 1.29 is 0 Å². The van der Waals surface area contributed by atoms with Crippen LogP contribution in [-0.2, 0) is 0 Å². The molecule has 3 aromatic carbocycles. The van der Waals surface area contributed by atoms with Gasteiger partial charge >= 0.3 is 0 Å². The van der Waals surface area contributed by atoms with Crippen molar-refractivity contribution in [3.8, 4) is 0 Å². The fraction of sp³-hybridized carbons (Fsp3) is 0. The summed E-state index contributed by atoms with van der Waals surface area (Å²) in [6.07, 6.45) is 1.87. The van der Waals surface area contributed by atoms with Crippen LogP contribution < -0.4 is 0 Å². The molecule has 3 aromatic rings. The van der Waals surface area contributed by atoms with Crippen LogP contribution in [0.4, 0.5) is 0 Å². The van der Waals surface area contributed by atoms with Gasteiger partial charge in [0.15, 0.2) is 0 Å². The van der Waals surface area contributed by atoms with Crippen molar-refractivity contribution in [3.05, 3.63) is 91.0 Å². The monoisotopic (exact) mass is 320 g/mol. The molecule has 0 aliphatic carbocycles. The molecule has 0 aliphatic rings. The predicted molar refractivity (Wildman–Crippen MR) is 97.7 cm³/mol. The topological polar surface area (TPSA) is 0 Å². The standard InChI is InChI=1S/C20H16S2/c1-2-16-8-10-18(11-9-16)22-20-14-12-19(13-15-20)21-17-6-4-3-5-7-17/h2-15H,1H2. The van der Waals surface area contributed by atoms with Gasteiger partial charge in [0, 0.05) is 19.6 Å². The first-order chi connectivity index (χ1) is 10.8. The van der Waals surface area contributed by atoms with Crippen molar-refractivity contribution in [2.45, 2.75) is 19.6 Å². The summed E-state index contributed by atoms with van der Waals surface area (Å²) in [4.78, 5) is 5.03. The molecule has 108 valence electrons. The lowest BCUT2D eigenvalue weighted by molar-refractivity contribution is 1.33. The highest BCUT2D eigenvalue weighted by atomic mass is 32.2. The molecule has 0 spiro atoms. The van der Waals surface area contributed by atoms with Crippen LogP contribution in [0, 0.1) is 0 Å². The van der Waals surface area contributed by atoms with E-state index in [0.29, 0.717) is 0 Å². The van der Waals surface area contributed by atoms with E-state index in [-0.39, 0.29) is 0 Å². The average molecular weight is 320 g/mol. The Morgan fingerprint density at radius 2 is 0.955 bits per heavy atom. The maximum atomic E-state index is 3.78. The van der Waals surface area contributed by atoms with E-state index in [1.807, 2.05) is 12.1 Å². The minimum atomic E-state index is 1.15. The molecule has 0 amide bonds. The Hall–Kier alpha value is -1.90. The third-order valence-electron chi connectivity index (χ3n) is 3.15. The van der Waals surface area contributed by atoms with Gasteiger partial charge in [-0.3, -0.25) is 0 Å². The third-order valence-corrected chi connectivity index (χ3v) is 5.19. The van der Waals surface area contributed by atoms with Crippen molar-refractivity contribution in [3.63, 3.8) is 0 Å². The van der Waals surface area contributed by atoms with Crippen LogP contribution in [0.25, 0.3) is 6.08 Å². The molecule has 0 nitrogen and oxygen atoms in total. The molecule has 0 bridgehead atoms. The van der Waals surface area contributed by atoms with E-state index < -0.39 is 0 Å². The minimum absolute atomic E-state index is 1.15. The second-order valence-electron chi connectivity index (χ2n) is 4.76. The van der Waals surface area contributed by atoms with Gasteiger partial charge in [0.2, 0.25) is 0 Å². The zero-order valence-corrected chi connectivity index (χ0v) is 13.7. The minimum Gasteiger partial charge on any atom is -0.0985 e. The first-order valence-corrected chi connectivity index (χ1v) is 8.70. The molecule has 0 heterocycles. The van der Waals surface area contributed by atoms with Crippen LogP contribution in [0.5, 0.6) is 0 Å². The first-order valence-electron chi connectivity index (χ1n) is 7.07. The van der Waals surface area contributed by atoms with Gasteiger partial charge in [-0.2, -0.15) is 0 Å². The highest BCUT2D eigenvalue weighted by Gasteiger charge is 2.00. The van der Waals surface area contributed by atoms with E-state index in [2.05, 4.69) is 79.4 Å². The molecule has 2 heteroatoms. The van der Waals surface area contributed by atoms with Gasteiger partial charge in [-0.15, -0.1) is 0 Å². The van der Waals surface area contributed by atoms with Gasteiger partial charge in [-0.1, -0.05) is 66.5 Å². The molecule has 0 aromatic heterocycles. The highest BCUT2D eigenvalue weighted by molar-refractivity contribution is 7.99. The van der Waals surface area contributed by atoms with Crippen molar-refractivity contribution >= 4 is 29.6 Å². The fourth-order valence-electron chi connectivity index (χ4n) is 2.01. The van der Waals surface area contributed by atoms with E-state index in [1.54, 1.807) is 23.5 Å². The van der Waals surface area contributed by atoms with E-state index >= 15 is 0 Å². The first kappa shape index (κ1) is 15.0. The van der Waals surface area contributed by atoms with Crippen LogP contribution in [0.15, 0.2) is 105 Å². The summed E-state index contributed by atoms with van der Waals surface area (Å²) in [6.45, 7) is 3.78. The number of hydrogen-bond acceptors (Lipinski definition) is 2. The van der Waals surface area contributed by atoms with Gasteiger partial charge < -0.3 is 0 Å². The molecular weight excluding hydrogens is 304 g/mol. The van der Waals surface area contributed by atoms with Crippen molar-refractivity contribution in [1.29, 1.82) is 0 Å². The van der Waals surface area contributed by atoms with Gasteiger partial charge in [0.05, 0.1) is 0 Å². The second kappa shape index (κ2) is 7.39. The number of hydrogen-bond donors (Lipinski definition) is 0. The van der Waals surface area contributed by atoms with E-state index in [0.717, 1.165) is 5.56 Å². The Morgan fingerprint density at radius 3 is 1.41 bits per heavy atom. The molecule has 0 radical (unpaired) electrons. The lowest BCUT2D eigenvalue weighted by Crippen LogP contribution is -1.77. The molecule has 0 unspecified atom stereocenters. The summed E-state index contributed by atoms with van der Waals surface area (Å²) >= 11 is 3.57. The third kappa shape index (κ3) is 4.06. The molecular formula is C20H16S2. The Labute approximate surface area is 140 Å². The van der Waals surface area contributed by atoms with E-state index in [4.69, 9.17) is 0 Å². The Balaban J connectivity index is 1.67. The maximum Gasteiger partial charge on any atom is 0.0123 e. The van der Waals surface area contributed by atoms with Gasteiger partial charge in [0.25, 0.3) is 0 Å². The van der Waals surface area contributed by atoms with E-state index in [9.17, 15) is 0 Å². The summed E-state index contributed by atoms with van der Waals surface area (Å²) in [7, 11) is 0. The SMILES string of the molecule is C=Cc1ccc(Sc2ccc(Sc3ccccc3)cc2)cc1. The molecule has 0 saturated heterocycles. The molecule has 0 aliphatic heterocycles. The lowest BCUT2D eigenvalue weighted by Gasteiger charge is -2.05. The second-order valence-corrected chi connectivity index (χ2v) is 7.06.